The molecule has 76 valence electrons. The molecule has 0 atom stereocenters. The molecule has 0 radical (unpaired) electrons. The Balaban J connectivity index is 1.76. The van der Waals surface area contributed by atoms with Crippen molar-refractivity contribution in [3.63, 3.8) is 0 Å². The quantitative estimate of drug-likeness (QED) is 0.707. The van der Waals surface area contributed by atoms with Gasteiger partial charge in [-0.25, -0.2) is 0 Å². The van der Waals surface area contributed by atoms with E-state index < -0.39 is 0 Å². The first kappa shape index (κ1) is 9.47. The number of nitrogens with one attached hydrogen (secondary N) is 1. The van der Waals surface area contributed by atoms with Crippen molar-refractivity contribution < 1.29 is 4.74 Å². The molecule has 2 nitrogen and oxygen atoms in total. The van der Waals surface area contributed by atoms with Gasteiger partial charge in [0.25, 0.3) is 0 Å². The minimum absolute atomic E-state index is 0.329. The van der Waals surface area contributed by atoms with Gasteiger partial charge in [-0.2, -0.15) is 0 Å². The van der Waals surface area contributed by atoms with E-state index in [9.17, 15) is 0 Å². The third-order valence-electron chi connectivity index (χ3n) is 3.43. The summed E-state index contributed by atoms with van der Waals surface area (Å²) in [7, 11) is 0. The summed E-state index contributed by atoms with van der Waals surface area (Å²) in [5.74, 6) is 0. The lowest BCUT2D eigenvalue weighted by atomic mass is 9.77. The molecule has 2 aliphatic rings. The number of hydrogen-bond acceptors (Lipinski definition) is 2. The minimum atomic E-state index is 0.329. The largest absolute Gasteiger partial charge is 0.375 e. The second-order valence-corrected chi connectivity index (χ2v) is 4.88. The van der Waals surface area contributed by atoms with E-state index in [4.69, 9.17) is 4.74 Å². The van der Waals surface area contributed by atoms with Gasteiger partial charge in [-0.3, -0.25) is 0 Å². The lowest BCUT2D eigenvalue weighted by molar-refractivity contribution is -0.167. The van der Waals surface area contributed by atoms with Gasteiger partial charge in [0.2, 0.25) is 0 Å². The number of hydrogen-bond donors (Lipinski definition) is 1. The molecule has 0 aromatic rings. The predicted molar refractivity (Wildman–Crippen MR) is 53.8 cm³/mol. The van der Waals surface area contributed by atoms with E-state index in [1.54, 1.807) is 0 Å². The first-order valence-electron chi connectivity index (χ1n) is 5.60. The van der Waals surface area contributed by atoms with Crippen molar-refractivity contribution in [3.05, 3.63) is 0 Å². The highest BCUT2D eigenvalue weighted by atomic mass is 16.5. The molecule has 0 bridgehead atoms. The van der Waals surface area contributed by atoms with Crippen LogP contribution < -0.4 is 5.32 Å². The summed E-state index contributed by atoms with van der Waals surface area (Å²) in [5, 5.41) is 3.61. The van der Waals surface area contributed by atoms with Gasteiger partial charge in [0.15, 0.2) is 0 Å². The summed E-state index contributed by atoms with van der Waals surface area (Å²) in [4.78, 5) is 0. The molecule has 0 amide bonds. The van der Waals surface area contributed by atoms with E-state index >= 15 is 0 Å². The molecule has 0 unspecified atom stereocenters. The summed E-state index contributed by atoms with van der Waals surface area (Å²) in [5.41, 5.74) is 0.329. The molecule has 1 saturated heterocycles. The van der Waals surface area contributed by atoms with Gasteiger partial charge < -0.3 is 10.1 Å². The van der Waals surface area contributed by atoms with Crippen LogP contribution in [0.25, 0.3) is 0 Å². The van der Waals surface area contributed by atoms with E-state index in [2.05, 4.69) is 19.2 Å². The van der Waals surface area contributed by atoms with Crippen LogP contribution in [0.3, 0.4) is 0 Å². The molecule has 0 aromatic carbocycles. The number of rotatable bonds is 2. The molecule has 1 heterocycles. The third-order valence-corrected chi connectivity index (χ3v) is 3.43. The van der Waals surface area contributed by atoms with Gasteiger partial charge in [-0.15, -0.1) is 0 Å². The van der Waals surface area contributed by atoms with Crippen LogP contribution in [-0.2, 0) is 4.74 Å². The van der Waals surface area contributed by atoms with Crippen LogP contribution in [0.5, 0.6) is 0 Å². The molecule has 2 heteroatoms. The molecule has 1 N–H and O–H groups in total. The molecule has 1 aliphatic carbocycles. The van der Waals surface area contributed by atoms with Crippen molar-refractivity contribution >= 4 is 0 Å². The monoisotopic (exact) mass is 183 g/mol. The van der Waals surface area contributed by atoms with Gasteiger partial charge >= 0.3 is 0 Å². The lowest BCUT2D eigenvalue weighted by Gasteiger charge is -2.47. The Morgan fingerprint density at radius 1 is 1.23 bits per heavy atom. The fourth-order valence-corrected chi connectivity index (χ4v) is 2.57. The Labute approximate surface area is 81.0 Å². The van der Waals surface area contributed by atoms with E-state index in [1.165, 1.54) is 32.1 Å². The molecule has 1 saturated carbocycles. The molecule has 2 rings (SSSR count). The van der Waals surface area contributed by atoms with Crippen molar-refractivity contribution in [1.82, 2.24) is 5.32 Å². The zero-order valence-electron chi connectivity index (χ0n) is 8.81. The zero-order valence-corrected chi connectivity index (χ0v) is 8.81. The summed E-state index contributed by atoms with van der Waals surface area (Å²) < 4.78 is 5.68. The first-order chi connectivity index (χ1) is 6.20. The second kappa shape index (κ2) is 3.58. The van der Waals surface area contributed by atoms with E-state index in [1.807, 2.05) is 0 Å². The average molecular weight is 183 g/mol. The molecule has 2 fully saturated rings. The maximum atomic E-state index is 5.68. The van der Waals surface area contributed by atoms with Crippen molar-refractivity contribution in [2.24, 2.45) is 0 Å². The summed E-state index contributed by atoms with van der Waals surface area (Å²) >= 11 is 0. The maximum Gasteiger partial charge on any atom is 0.0705 e. The lowest BCUT2D eigenvalue weighted by Crippen LogP contribution is -2.50. The van der Waals surface area contributed by atoms with Crippen molar-refractivity contribution in [2.45, 2.75) is 63.6 Å². The van der Waals surface area contributed by atoms with Crippen molar-refractivity contribution in [3.8, 4) is 0 Å². The van der Waals surface area contributed by atoms with E-state index in [0.29, 0.717) is 11.6 Å². The molecule has 1 spiro atoms. The van der Waals surface area contributed by atoms with Crippen LogP contribution >= 0.6 is 0 Å². The average Bonchev–Trinajstić information content (AvgIpc) is 2.02. The van der Waals surface area contributed by atoms with Gasteiger partial charge in [0.1, 0.15) is 0 Å². The highest BCUT2D eigenvalue weighted by Gasteiger charge is 2.41. The Hall–Kier alpha value is -0.0800. The number of ether oxygens (including phenoxy) is 1. The molecule has 1 aliphatic heterocycles. The van der Waals surface area contributed by atoms with Gasteiger partial charge in [-0.1, -0.05) is 13.8 Å². The smallest absolute Gasteiger partial charge is 0.0705 e. The minimum Gasteiger partial charge on any atom is -0.375 e. The Kier molecular flexibility index (Phi) is 2.61. The van der Waals surface area contributed by atoms with Crippen LogP contribution in [0.2, 0.25) is 0 Å². The fraction of sp³-hybridized carbons (Fsp3) is 1.00. The highest BCUT2D eigenvalue weighted by molar-refractivity contribution is 4.94. The van der Waals surface area contributed by atoms with Crippen LogP contribution in [-0.4, -0.2) is 24.3 Å². The van der Waals surface area contributed by atoms with Gasteiger partial charge in [0, 0.05) is 12.1 Å². The SMILES string of the molecule is CC(C)NC1CCC2(CCO2)CC1. The standard InChI is InChI=1S/C11H21NO/c1-9(2)12-10-3-5-11(6-4-10)7-8-13-11/h9-10,12H,3-8H2,1-2H3. The fourth-order valence-electron chi connectivity index (χ4n) is 2.57. The highest BCUT2D eigenvalue weighted by Crippen LogP contribution is 2.40. The normalized spacial score (nSPS) is 39.5. The van der Waals surface area contributed by atoms with Gasteiger partial charge in [0.05, 0.1) is 12.2 Å². The Morgan fingerprint density at radius 2 is 1.85 bits per heavy atom. The van der Waals surface area contributed by atoms with E-state index in [-0.39, 0.29) is 0 Å². The van der Waals surface area contributed by atoms with Crippen LogP contribution in [0.4, 0.5) is 0 Å². The van der Waals surface area contributed by atoms with Crippen LogP contribution in [0.1, 0.15) is 46.0 Å². The molecular weight excluding hydrogens is 162 g/mol. The summed E-state index contributed by atoms with van der Waals surface area (Å²) in [6, 6.07) is 1.37. The molecule has 13 heavy (non-hydrogen) atoms. The Morgan fingerprint density at radius 3 is 2.23 bits per heavy atom. The van der Waals surface area contributed by atoms with Crippen molar-refractivity contribution in [2.75, 3.05) is 6.61 Å². The van der Waals surface area contributed by atoms with Crippen LogP contribution in [0, 0.1) is 0 Å². The summed E-state index contributed by atoms with van der Waals surface area (Å²) in [6.45, 7) is 5.46. The zero-order chi connectivity index (χ0) is 9.31. The second-order valence-electron chi connectivity index (χ2n) is 4.88. The van der Waals surface area contributed by atoms with Crippen molar-refractivity contribution in [1.29, 1.82) is 0 Å². The predicted octanol–water partition coefficient (Wildman–Crippen LogP) is 2.09. The van der Waals surface area contributed by atoms with Gasteiger partial charge in [-0.05, 0) is 32.1 Å². The summed E-state index contributed by atoms with van der Waals surface area (Å²) in [6.07, 6.45) is 6.46. The van der Waals surface area contributed by atoms with E-state index in [0.717, 1.165) is 12.6 Å². The molecular formula is C11H21NO. The topological polar surface area (TPSA) is 21.3 Å². The first-order valence-corrected chi connectivity index (χ1v) is 5.60. The molecule has 0 aromatic heterocycles. The maximum absolute atomic E-state index is 5.68. The Bertz CT molecular complexity index is 165. The van der Waals surface area contributed by atoms with Crippen LogP contribution in [0.15, 0.2) is 0 Å². The third kappa shape index (κ3) is 2.05.